The lowest BCUT2D eigenvalue weighted by Gasteiger charge is -2.31. The first-order chi connectivity index (χ1) is 16.3. The summed E-state index contributed by atoms with van der Waals surface area (Å²) in [6, 6.07) is 11.5. The molecule has 2 heterocycles. The van der Waals surface area contributed by atoms with E-state index in [1.807, 2.05) is 29.2 Å². The van der Waals surface area contributed by atoms with Crippen molar-refractivity contribution in [3.05, 3.63) is 74.3 Å². The number of rotatable bonds is 6. The lowest BCUT2D eigenvalue weighted by Crippen LogP contribution is -2.38. The van der Waals surface area contributed by atoms with Crippen LogP contribution in [0, 0.1) is 5.92 Å². The molecule has 3 atom stereocenters. The number of amides is 1. The summed E-state index contributed by atoms with van der Waals surface area (Å²) in [5.74, 6) is 0.849. The van der Waals surface area contributed by atoms with Crippen molar-refractivity contribution >= 4 is 45.8 Å². The summed E-state index contributed by atoms with van der Waals surface area (Å²) in [5, 5.41) is 1.47. The van der Waals surface area contributed by atoms with Crippen molar-refractivity contribution in [3.63, 3.8) is 0 Å². The fraction of sp³-hybridized carbons (Fsp3) is 0.385. The lowest BCUT2D eigenvalue weighted by atomic mass is 9.87. The number of aryl methyl sites for hydroxylation is 1. The second-order valence-corrected chi connectivity index (χ2v) is 10.2. The number of Topliss-reactive ketones (excluding diaryl/α,β-unsaturated/α-hetero) is 1. The molecule has 0 spiro atoms. The Kier molecular flexibility index (Phi) is 6.21. The Morgan fingerprint density at radius 3 is 2.62 bits per heavy atom. The summed E-state index contributed by atoms with van der Waals surface area (Å²) in [6.07, 6.45) is 4.21. The quantitative estimate of drug-likeness (QED) is 0.497. The van der Waals surface area contributed by atoms with Gasteiger partial charge >= 0.3 is 0 Å². The highest BCUT2D eigenvalue weighted by Crippen LogP contribution is 2.47. The molecule has 8 heteroatoms. The molecule has 34 heavy (non-hydrogen) atoms. The number of piperidine rings is 1. The topological polar surface area (TPSA) is 72.3 Å². The van der Waals surface area contributed by atoms with Gasteiger partial charge in [0.15, 0.2) is 5.78 Å². The lowest BCUT2D eigenvalue weighted by molar-refractivity contribution is -0.130. The zero-order valence-corrected chi connectivity index (χ0v) is 20.4. The Hall–Kier alpha value is -2.70. The summed E-state index contributed by atoms with van der Waals surface area (Å²) >= 11 is 12.0. The van der Waals surface area contributed by atoms with Gasteiger partial charge in [-0.2, -0.15) is 0 Å². The number of carbonyl (C=O) groups is 2. The van der Waals surface area contributed by atoms with E-state index in [9.17, 15) is 14.4 Å². The molecule has 2 fully saturated rings. The minimum absolute atomic E-state index is 0.0188. The Morgan fingerprint density at radius 1 is 1.09 bits per heavy atom. The van der Waals surface area contributed by atoms with Crippen LogP contribution in [-0.2, 0) is 22.6 Å². The van der Waals surface area contributed by atoms with Gasteiger partial charge in [-0.15, -0.1) is 0 Å². The number of hydrogen-bond donors (Lipinski definition) is 0. The predicted molar refractivity (Wildman–Crippen MR) is 132 cm³/mol. The number of benzene rings is 2. The van der Waals surface area contributed by atoms with Crippen LogP contribution in [0.2, 0.25) is 10.0 Å². The third-order valence-corrected chi connectivity index (χ3v) is 7.98. The van der Waals surface area contributed by atoms with Crippen LogP contribution in [0.1, 0.15) is 43.2 Å². The molecule has 1 aliphatic carbocycles. The molecule has 1 amide bonds. The Bertz CT molecular complexity index is 1350. The average Bonchev–Trinajstić information content (AvgIpc) is 3.43. The van der Waals surface area contributed by atoms with E-state index in [1.54, 1.807) is 19.1 Å². The average molecular weight is 498 g/mol. The first-order valence-electron chi connectivity index (χ1n) is 11.5. The monoisotopic (exact) mass is 497 g/mol. The van der Waals surface area contributed by atoms with Crippen molar-refractivity contribution < 1.29 is 9.59 Å². The van der Waals surface area contributed by atoms with Gasteiger partial charge in [-0.3, -0.25) is 19.0 Å². The van der Waals surface area contributed by atoms with Crippen molar-refractivity contribution in [2.24, 2.45) is 5.92 Å². The summed E-state index contributed by atoms with van der Waals surface area (Å²) in [4.78, 5) is 44.0. The Labute approximate surface area is 207 Å². The number of carbonyl (C=O) groups excluding carboxylic acids is 2. The van der Waals surface area contributed by atoms with E-state index < -0.39 is 0 Å². The van der Waals surface area contributed by atoms with Gasteiger partial charge in [0.2, 0.25) is 5.91 Å². The SMILES string of the molecule is CC(=O)N1CC2CC1CC2c1ccc2ncn(CC(=O)CCc3ccc(Cl)c(Cl)c3)c(=O)c2c1. The second-order valence-electron chi connectivity index (χ2n) is 9.40. The van der Waals surface area contributed by atoms with Gasteiger partial charge in [-0.05, 0) is 66.5 Å². The van der Waals surface area contributed by atoms with Gasteiger partial charge in [-0.25, -0.2) is 4.98 Å². The van der Waals surface area contributed by atoms with Crippen LogP contribution in [0.5, 0.6) is 0 Å². The zero-order chi connectivity index (χ0) is 24.0. The maximum atomic E-state index is 13.2. The van der Waals surface area contributed by atoms with Crippen LogP contribution in [0.3, 0.4) is 0 Å². The number of ketones is 1. The zero-order valence-electron chi connectivity index (χ0n) is 18.8. The van der Waals surface area contributed by atoms with Crippen molar-refractivity contribution in [1.29, 1.82) is 0 Å². The molecule has 1 aromatic heterocycles. The van der Waals surface area contributed by atoms with Crippen LogP contribution in [0.25, 0.3) is 10.9 Å². The number of nitrogens with zero attached hydrogens (tertiary/aromatic N) is 3. The molecule has 176 valence electrons. The number of likely N-dealkylation sites (tertiary alicyclic amines) is 1. The normalized spacial score (nSPS) is 21.4. The van der Waals surface area contributed by atoms with Crippen LogP contribution in [0.4, 0.5) is 0 Å². The third-order valence-electron chi connectivity index (χ3n) is 7.25. The molecule has 6 nitrogen and oxygen atoms in total. The van der Waals surface area contributed by atoms with Crippen LogP contribution >= 0.6 is 23.2 Å². The summed E-state index contributed by atoms with van der Waals surface area (Å²) < 4.78 is 1.39. The molecule has 5 rings (SSSR count). The van der Waals surface area contributed by atoms with Gasteiger partial charge in [-0.1, -0.05) is 35.3 Å². The molecule has 0 radical (unpaired) electrons. The van der Waals surface area contributed by atoms with Crippen molar-refractivity contribution in [3.8, 4) is 0 Å². The van der Waals surface area contributed by atoms with E-state index in [1.165, 1.54) is 10.9 Å². The molecule has 2 aliphatic rings. The minimum atomic E-state index is -0.205. The van der Waals surface area contributed by atoms with Gasteiger partial charge in [0, 0.05) is 25.9 Å². The fourth-order valence-corrected chi connectivity index (χ4v) is 5.84. The van der Waals surface area contributed by atoms with Crippen molar-refractivity contribution in [2.75, 3.05) is 6.54 Å². The highest BCUT2D eigenvalue weighted by atomic mass is 35.5. The molecular formula is C26H25Cl2N3O3. The van der Waals surface area contributed by atoms with E-state index >= 15 is 0 Å². The van der Waals surface area contributed by atoms with E-state index in [2.05, 4.69) is 4.98 Å². The van der Waals surface area contributed by atoms with Gasteiger partial charge < -0.3 is 4.90 Å². The van der Waals surface area contributed by atoms with Crippen molar-refractivity contribution in [2.45, 2.75) is 51.1 Å². The van der Waals surface area contributed by atoms with Gasteiger partial charge in [0.25, 0.3) is 5.56 Å². The summed E-state index contributed by atoms with van der Waals surface area (Å²) in [7, 11) is 0. The largest absolute Gasteiger partial charge is 0.340 e. The number of fused-ring (bicyclic) bond motifs is 3. The summed E-state index contributed by atoms with van der Waals surface area (Å²) in [5.41, 5.74) is 2.46. The summed E-state index contributed by atoms with van der Waals surface area (Å²) in [6.45, 7) is 2.40. The number of halogens is 2. The fourth-order valence-electron chi connectivity index (χ4n) is 5.52. The highest BCUT2D eigenvalue weighted by molar-refractivity contribution is 6.42. The molecule has 0 N–H and O–H groups in total. The van der Waals surface area contributed by atoms with E-state index in [0.29, 0.717) is 51.7 Å². The number of hydrogen-bond acceptors (Lipinski definition) is 4. The van der Waals surface area contributed by atoms with Crippen LogP contribution in [0.15, 0.2) is 47.5 Å². The molecule has 1 saturated heterocycles. The second kappa shape index (κ2) is 9.16. The van der Waals surface area contributed by atoms with Crippen molar-refractivity contribution in [1.82, 2.24) is 14.5 Å². The highest BCUT2D eigenvalue weighted by Gasteiger charge is 2.46. The smallest absolute Gasteiger partial charge is 0.261 e. The first-order valence-corrected chi connectivity index (χ1v) is 12.3. The predicted octanol–water partition coefficient (Wildman–Crippen LogP) is 4.63. The van der Waals surface area contributed by atoms with E-state index in [4.69, 9.17) is 23.2 Å². The molecule has 1 aliphatic heterocycles. The Morgan fingerprint density at radius 2 is 1.91 bits per heavy atom. The molecule has 1 saturated carbocycles. The molecule has 3 unspecified atom stereocenters. The molecule has 2 aromatic carbocycles. The minimum Gasteiger partial charge on any atom is -0.340 e. The van der Waals surface area contributed by atoms with E-state index in [0.717, 1.165) is 30.5 Å². The third kappa shape index (κ3) is 4.37. The molecular weight excluding hydrogens is 473 g/mol. The maximum Gasteiger partial charge on any atom is 0.261 e. The Balaban J connectivity index is 1.31. The number of aromatic nitrogens is 2. The standard InChI is InChI=1S/C26H25Cl2N3O3/c1-15(32)31-12-18-9-19(31)11-21(18)17-4-7-25-22(10-17)26(34)30(14-29-25)13-20(33)5-2-16-3-6-23(27)24(28)8-16/h3-4,6-8,10,14,18-19,21H,2,5,9,11-13H2,1H3. The first kappa shape index (κ1) is 23.1. The molecule has 3 aromatic rings. The van der Waals surface area contributed by atoms with Crippen LogP contribution < -0.4 is 5.56 Å². The molecule has 2 bridgehead atoms. The maximum absolute atomic E-state index is 13.2. The van der Waals surface area contributed by atoms with Crippen LogP contribution in [-0.4, -0.2) is 38.7 Å². The van der Waals surface area contributed by atoms with E-state index in [-0.39, 0.29) is 23.8 Å². The van der Waals surface area contributed by atoms with Gasteiger partial charge in [0.05, 0.1) is 33.8 Å². The van der Waals surface area contributed by atoms with Gasteiger partial charge in [0.1, 0.15) is 0 Å².